The summed E-state index contributed by atoms with van der Waals surface area (Å²) in [6, 6.07) is 26.5. The Morgan fingerprint density at radius 3 is 1.12 bits per heavy atom. The van der Waals surface area contributed by atoms with Crippen molar-refractivity contribution >= 4 is 22.3 Å². The average molecular weight is 699 g/mol. The lowest BCUT2D eigenvalue weighted by atomic mass is 9.83. The van der Waals surface area contributed by atoms with Crippen molar-refractivity contribution < 1.29 is 35.8 Å². The molecule has 0 saturated heterocycles. The number of halogens is 6. The van der Waals surface area contributed by atoms with Gasteiger partial charge in [0, 0.05) is 33.4 Å². The summed E-state index contributed by atoms with van der Waals surface area (Å²) in [4.78, 5) is 0. The first-order chi connectivity index (χ1) is 24.8. The number of alkyl halides is 6. The Bertz CT molecular complexity index is 2410. The van der Waals surface area contributed by atoms with Gasteiger partial charge in [0.25, 0.3) is 0 Å². The molecule has 0 spiro atoms. The van der Waals surface area contributed by atoms with Crippen LogP contribution in [0.1, 0.15) is 33.4 Å². The number of hydrogen-bond acceptors (Lipinski definition) is 8. The molecule has 6 rings (SSSR count). The summed E-state index contributed by atoms with van der Waals surface area (Å²) in [5.41, 5.74) is 0.679. The fraction of sp³-hybridized carbons (Fsp3) is 0.0526. The van der Waals surface area contributed by atoms with Crippen molar-refractivity contribution in [3.8, 4) is 70.2 Å². The zero-order valence-corrected chi connectivity index (χ0v) is 25.7. The Morgan fingerprint density at radius 1 is 0.462 bits per heavy atom. The molecular weight excluding hydrogens is 686 g/mol. The van der Waals surface area contributed by atoms with E-state index < -0.39 is 35.4 Å². The lowest BCUT2D eigenvalue weighted by Gasteiger charge is -2.18. The number of ether oxygens (including phenoxy) is 2. The van der Waals surface area contributed by atoms with E-state index in [0.717, 1.165) is 24.3 Å². The number of allylic oxidation sites excluding steroid dienone is 6. The molecule has 0 aromatic heterocycles. The van der Waals surface area contributed by atoms with Gasteiger partial charge >= 0.3 is 12.7 Å². The van der Waals surface area contributed by atoms with Crippen LogP contribution in [0.5, 0.6) is 11.5 Å². The summed E-state index contributed by atoms with van der Waals surface area (Å²) in [6.45, 7) is 0. The van der Waals surface area contributed by atoms with E-state index in [1.165, 1.54) is 48.5 Å². The van der Waals surface area contributed by atoms with Crippen LogP contribution in [0.2, 0.25) is 0 Å². The Kier molecular flexibility index (Phi) is 8.26. The van der Waals surface area contributed by atoms with E-state index >= 15 is 0 Å². The highest BCUT2D eigenvalue weighted by atomic mass is 19.4. The van der Waals surface area contributed by atoms with Gasteiger partial charge in [-0.25, -0.2) is 0 Å². The zero-order chi connectivity index (χ0) is 37.5. The van der Waals surface area contributed by atoms with Crippen LogP contribution < -0.4 is 9.47 Å². The average Bonchev–Trinajstić information content (AvgIpc) is 3.61. The third-order valence-corrected chi connectivity index (χ3v) is 8.14. The summed E-state index contributed by atoms with van der Waals surface area (Å²) in [5, 5.41) is 60.7. The molecule has 4 aromatic rings. The van der Waals surface area contributed by atoms with E-state index in [2.05, 4.69) is 9.47 Å². The quantitative estimate of drug-likeness (QED) is 0.151. The van der Waals surface area contributed by atoms with Crippen molar-refractivity contribution in [1.29, 1.82) is 31.6 Å². The van der Waals surface area contributed by atoms with Crippen molar-refractivity contribution in [2.45, 2.75) is 12.7 Å². The van der Waals surface area contributed by atoms with Gasteiger partial charge in [0.2, 0.25) is 0 Å². The molecule has 0 aliphatic heterocycles. The largest absolute Gasteiger partial charge is 0.573 e. The summed E-state index contributed by atoms with van der Waals surface area (Å²) in [7, 11) is 0. The second-order valence-corrected chi connectivity index (χ2v) is 10.9. The predicted molar refractivity (Wildman–Crippen MR) is 170 cm³/mol. The lowest BCUT2D eigenvalue weighted by Crippen LogP contribution is -2.17. The molecule has 0 amide bonds. The highest BCUT2D eigenvalue weighted by molar-refractivity contribution is 6.39. The van der Waals surface area contributed by atoms with Gasteiger partial charge in [-0.2, -0.15) is 31.6 Å². The van der Waals surface area contributed by atoms with Crippen molar-refractivity contribution in [2.75, 3.05) is 0 Å². The fourth-order valence-corrected chi connectivity index (χ4v) is 6.42. The number of rotatable bonds is 4. The number of nitriles is 6. The molecule has 2 aliphatic carbocycles. The molecule has 14 heteroatoms. The summed E-state index contributed by atoms with van der Waals surface area (Å²) in [6.07, 6.45) is -10.1. The van der Waals surface area contributed by atoms with E-state index in [-0.39, 0.29) is 77.9 Å². The zero-order valence-electron chi connectivity index (χ0n) is 25.7. The molecule has 248 valence electrons. The number of hydrogen-bond donors (Lipinski definition) is 0. The van der Waals surface area contributed by atoms with E-state index in [9.17, 15) is 57.9 Å². The highest BCUT2D eigenvalue weighted by Crippen LogP contribution is 2.62. The monoisotopic (exact) mass is 698 g/mol. The molecule has 0 atom stereocenters. The summed E-state index contributed by atoms with van der Waals surface area (Å²) >= 11 is 0. The topological polar surface area (TPSA) is 161 Å². The van der Waals surface area contributed by atoms with Crippen molar-refractivity contribution in [1.82, 2.24) is 0 Å². The molecule has 0 radical (unpaired) electrons. The Morgan fingerprint density at radius 2 is 0.808 bits per heavy atom. The maximum absolute atomic E-state index is 13.0. The number of nitrogens with zero attached hydrogens (tertiary/aromatic N) is 6. The van der Waals surface area contributed by atoms with Gasteiger partial charge in [-0.15, -0.1) is 26.3 Å². The van der Waals surface area contributed by atoms with Gasteiger partial charge in [0.1, 0.15) is 46.9 Å². The fourth-order valence-electron chi connectivity index (χ4n) is 6.42. The first-order valence-corrected chi connectivity index (χ1v) is 14.5. The lowest BCUT2D eigenvalue weighted by molar-refractivity contribution is -0.275. The summed E-state index contributed by atoms with van der Waals surface area (Å²) in [5.74, 6) is -1.35. The van der Waals surface area contributed by atoms with E-state index in [1.807, 2.05) is 36.4 Å². The van der Waals surface area contributed by atoms with Gasteiger partial charge in [-0.05, 0) is 69.8 Å². The van der Waals surface area contributed by atoms with Crippen LogP contribution in [0.25, 0.3) is 44.5 Å². The van der Waals surface area contributed by atoms with Crippen molar-refractivity contribution in [3.05, 3.63) is 117 Å². The molecule has 2 aliphatic rings. The van der Waals surface area contributed by atoms with Gasteiger partial charge in [-0.3, -0.25) is 0 Å². The smallest absolute Gasteiger partial charge is 0.406 e. The van der Waals surface area contributed by atoms with Crippen LogP contribution >= 0.6 is 0 Å². The molecule has 52 heavy (non-hydrogen) atoms. The van der Waals surface area contributed by atoms with E-state index in [0.29, 0.717) is 0 Å². The first-order valence-electron chi connectivity index (χ1n) is 14.5. The minimum atomic E-state index is -5.05. The molecule has 0 fully saturated rings. The Balaban J connectivity index is 1.74. The van der Waals surface area contributed by atoms with Crippen molar-refractivity contribution in [2.24, 2.45) is 0 Å². The Hall–Kier alpha value is -7.78. The summed E-state index contributed by atoms with van der Waals surface area (Å²) < 4.78 is 86.1. The molecular formula is C38H12F6N6O2. The molecule has 4 aromatic carbocycles. The van der Waals surface area contributed by atoms with Crippen molar-refractivity contribution in [3.63, 3.8) is 0 Å². The van der Waals surface area contributed by atoms with Crippen LogP contribution in [0, 0.1) is 68.0 Å². The second kappa shape index (κ2) is 12.6. The van der Waals surface area contributed by atoms with Gasteiger partial charge < -0.3 is 9.47 Å². The molecule has 0 saturated carbocycles. The molecule has 0 N–H and O–H groups in total. The SMILES string of the molecule is N#CC(C#N)=C1C2=C(C(=C(C#N)C#N)c3cccc(-c4ccc(OC(F)(F)F)cc4C#N)c32)c2c1cccc2-c1ccc(OC(F)(F)F)cc1C#N. The maximum Gasteiger partial charge on any atom is 0.573 e. The van der Waals surface area contributed by atoms with E-state index in [1.54, 1.807) is 0 Å². The molecule has 0 unspecified atom stereocenters. The van der Waals surface area contributed by atoms with E-state index in [4.69, 9.17) is 0 Å². The molecule has 0 heterocycles. The highest BCUT2D eigenvalue weighted by Gasteiger charge is 2.43. The van der Waals surface area contributed by atoms with Crippen LogP contribution in [0.15, 0.2) is 83.9 Å². The van der Waals surface area contributed by atoms with Crippen LogP contribution in [0.4, 0.5) is 26.3 Å². The molecule has 8 nitrogen and oxygen atoms in total. The number of fused-ring (bicyclic) bond motifs is 4. The van der Waals surface area contributed by atoms with Gasteiger partial charge in [0.15, 0.2) is 0 Å². The maximum atomic E-state index is 13.0. The third-order valence-electron chi connectivity index (χ3n) is 8.14. The predicted octanol–water partition coefficient (Wildman–Crippen LogP) is 9.10. The molecule has 0 bridgehead atoms. The van der Waals surface area contributed by atoms with Gasteiger partial charge in [-0.1, -0.05) is 36.4 Å². The van der Waals surface area contributed by atoms with Gasteiger partial charge in [0.05, 0.1) is 23.3 Å². The minimum Gasteiger partial charge on any atom is -0.406 e. The van der Waals surface area contributed by atoms with Crippen LogP contribution in [0.3, 0.4) is 0 Å². The Labute approximate surface area is 289 Å². The minimum absolute atomic E-state index is 0.0434. The van der Waals surface area contributed by atoms with Crippen LogP contribution in [-0.2, 0) is 0 Å². The number of benzene rings is 4. The third kappa shape index (κ3) is 5.70. The standard InChI is InChI=1S/C38H12F6N6O2/c39-37(40,41)51-23-7-9-25(19(11-23)13-45)27-3-1-5-29-31(21(15-47)16-48)35-34-28(26-10-8-24(12-20(26)14-46)52-38(42,43)44)4-2-6-30(34)32(22(17-49)18-50)36(35)33(27)29/h1-12H. The second-order valence-electron chi connectivity index (χ2n) is 10.9. The normalized spacial score (nSPS) is 12.5. The van der Waals surface area contributed by atoms with Crippen LogP contribution in [-0.4, -0.2) is 12.7 Å². The first kappa shape index (κ1) is 34.1.